The Bertz CT molecular complexity index is 625. The zero-order chi connectivity index (χ0) is 12.8. The number of aromatic nitrogens is 2. The van der Waals surface area contributed by atoms with Crippen LogP contribution in [0.15, 0.2) is 30.7 Å². The fraction of sp³-hybridized carbons (Fsp3) is 0.429. The average molecular weight is 256 g/mol. The number of hydrogen-bond donors (Lipinski definition) is 2. The predicted octanol–water partition coefficient (Wildman–Crippen LogP) is 2.25. The third-order valence-electron chi connectivity index (χ3n) is 4.23. The van der Waals surface area contributed by atoms with Gasteiger partial charge in [-0.2, -0.15) is 0 Å². The first-order valence-electron chi connectivity index (χ1n) is 6.78. The molecule has 2 aromatic heterocycles. The number of hydrogen-bond acceptors (Lipinski definition) is 2. The van der Waals surface area contributed by atoms with Crippen molar-refractivity contribution in [2.45, 2.75) is 25.3 Å². The van der Waals surface area contributed by atoms with E-state index in [2.05, 4.69) is 15.6 Å². The Labute approximate surface area is 111 Å². The van der Waals surface area contributed by atoms with Crippen molar-refractivity contribution in [2.24, 2.45) is 11.8 Å². The average Bonchev–Trinajstić information content (AvgIpc) is 2.82. The van der Waals surface area contributed by atoms with Gasteiger partial charge in [0.15, 0.2) is 0 Å². The van der Waals surface area contributed by atoms with E-state index in [0.29, 0.717) is 6.04 Å². The maximum absolute atomic E-state index is 11.9. The van der Waals surface area contributed by atoms with Gasteiger partial charge in [-0.05, 0) is 37.2 Å². The molecule has 2 saturated carbocycles. The fourth-order valence-corrected chi connectivity index (χ4v) is 3.17. The summed E-state index contributed by atoms with van der Waals surface area (Å²) < 4.78 is 1.91. The van der Waals surface area contributed by atoms with Crippen LogP contribution in [-0.2, 0) is 0 Å². The third kappa shape index (κ3) is 2.05. The highest BCUT2D eigenvalue weighted by atomic mass is 16.2. The lowest BCUT2D eigenvalue weighted by Gasteiger charge is -2.14. The lowest BCUT2D eigenvalue weighted by Crippen LogP contribution is -2.37. The van der Waals surface area contributed by atoms with E-state index in [4.69, 9.17) is 0 Å². The Morgan fingerprint density at radius 2 is 2.11 bits per heavy atom. The topological polar surface area (TPSA) is 58.4 Å². The molecule has 2 atom stereocenters. The Kier molecular flexibility index (Phi) is 2.27. The van der Waals surface area contributed by atoms with Crippen molar-refractivity contribution >= 4 is 17.4 Å². The summed E-state index contributed by atoms with van der Waals surface area (Å²) in [7, 11) is 0. The van der Waals surface area contributed by atoms with Gasteiger partial charge in [0, 0.05) is 36.4 Å². The standard InChI is InChI=1S/C14H16N4O/c19-14(17-12-6-9-5-10(9)7-12)16-11-1-3-18-4-2-15-13(18)8-11/h1-4,8-10,12H,5-7H2,(H2,16,17,19). The highest BCUT2D eigenvalue weighted by Crippen LogP contribution is 2.51. The molecule has 0 aromatic carbocycles. The van der Waals surface area contributed by atoms with Gasteiger partial charge in [-0.3, -0.25) is 0 Å². The minimum atomic E-state index is -0.109. The Hall–Kier alpha value is -2.04. The number of fused-ring (bicyclic) bond motifs is 2. The highest BCUT2D eigenvalue weighted by molar-refractivity contribution is 5.89. The van der Waals surface area contributed by atoms with E-state index in [1.54, 1.807) is 6.20 Å². The molecule has 5 heteroatoms. The number of imidazole rings is 1. The van der Waals surface area contributed by atoms with Crippen molar-refractivity contribution in [2.75, 3.05) is 5.32 Å². The lowest BCUT2D eigenvalue weighted by molar-refractivity contribution is 0.248. The van der Waals surface area contributed by atoms with E-state index >= 15 is 0 Å². The van der Waals surface area contributed by atoms with Gasteiger partial charge in [-0.25, -0.2) is 9.78 Å². The van der Waals surface area contributed by atoms with Crippen molar-refractivity contribution < 1.29 is 4.79 Å². The van der Waals surface area contributed by atoms with Crippen LogP contribution in [0.5, 0.6) is 0 Å². The zero-order valence-corrected chi connectivity index (χ0v) is 10.5. The van der Waals surface area contributed by atoms with Crippen molar-refractivity contribution in [1.82, 2.24) is 14.7 Å². The monoisotopic (exact) mass is 256 g/mol. The van der Waals surface area contributed by atoms with Crippen LogP contribution >= 0.6 is 0 Å². The van der Waals surface area contributed by atoms with E-state index in [9.17, 15) is 4.79 Å². The molecule has 2 unspecified atom stereocenters. The summed E-state index contributed by atoms with van der Waals surface area (Å²) >= 11 is 0. The highest BCUT2D eigenvalue weighted by Gasteiger charge is 2.46. The van der Waals surface area contributed by atoms with Crippen molar-refractivity contribution in [3.63, 3.8) is 0 Å². The molecule has 0 radical (unpaired) electrons. The number of carbonyl (C=O) groups is 1. The van der Waals surface area contributed by atoms with Gasteiger partial charge in [0.1, 0.15) is 5.65 Å². The molecule has 2 heterocycles. The van der Waals surface area contributed by atoms with Gasteiger partial charge in [-0.15, -0.1) is 0 Å². The number of carbonyl (C=O) groups excluding carboxylic acids is 1. The molecule has 19 heavy (non-hydrogen) atoms. The maximum Gasteiger partial charge on any atom is 0.319 e. The summed E-state index contributed by atoms with van der Waals surface area (Å²) in [5.41, 5.74) is 1.61. The van der Waals surface area contributed by atoms with E-state index in [1.165, 1.54) is 6.42 Å². The van der Waals surface area contributed by atoms with Gasteiger partial charge in [0.05, 0.1) is 0 Å². The molecule has 0 saturated heterocycles. The number of nitrogens with one attached hydrogen (secondary N) is 2. The molecular weight excluding hydrogens is 240 g/mol. The molecule has 2 aliphatic carbocycles. The van der Waals surface area contributed by atoms with Crippen molar-refractivity contribution in [1.29, 1.82) is 0 Å². The molecule has 4 rings (SSSR count). The lowest BCUT2D eigenvalue weighted by atomic mass is 10.2. The summed E-state index contributed by atoms with van der Waals surface area (Å²) in [5, 5.41) is 5.93. The second kappa shape index (κ2) is 3.98. The predicted molar refractivity (Wildman–Crippen MR) is 72.0 cm³/mol. The van der Waals surface area contributed by atoms with E-state index in [0.717, 1.165) is 36.0 Å². The van der Waals surface area contributed by atoms with E-state index < -0.39 is 0 Å². The summed E-state index contributed by atoms with van der Waals surface area (Å²) in [6.07, 6.45) is 9.18. The normalized spacial score (nSPS) is 28.1. The maximum atomic E-state index is 11.9. The summed E-state index contributed by atoms with van der Waals surface area (Å²) in [6, 6.07) is 3.99. The summed E-state index contributed by atoms with van der Waals surface area (Å²) in [6.45, 7) is 0. The third-order valence-corrected chi connectivity index (χ3v) is 4.23. The second-order valence-electron chi connectivity index (χ2n) is 5.63. The largest absolute Gasteiger partial charge is 0.335 e. The molecule has 2 aliphatic rings. The smallest absolute Gasteiger partial charge is 0.319 e. The van der Waals surface area contributed by atoms with Crippen molar-refractivity contribution in [3.05, 3.63) is 30.7 Å². The SMILES string of the molecule is O=C(Nc1ccn2ccnc2c1)NC1CC2CC2C1. The second-order valence-corrected chi connectivity index (χ2v) is 5.63. The molecule has 2 aromatic rings. The van der Waals surface area contributed by atoms with Crippen LogP contribution in [0.4, 0.5) is 10.5 Å². The Balaban J connectivity index is 1.40. The van der Waals surface area contributed by atoms with Gasteiger partial charge in [-0.1, -0.05) is 0 Å². The molecule has 98 valence electrons. The number of amides is 2. The first kappa shape index (κ1) is 10.8. The van der Waals surface area contributed by atoms with E-state index in [1.807, 2.05) is 28.9 Å². The molecular formula is C14H16N4O. The van der Waals surface area contributed by atoms with Crippen LogP contribution in [0.25, 0.3) is 5.65 Å². The van der Waals surface area contributed by atoms with Gasteiger partial charge < -0.3 is 15.0 Å². The van der Waals surface area contributed by atoms with Crippen LogP contribution in [0.3, 0.4) is 0 Å². The first-order valence-corrected chi connectivity index (χ1v) is 6.78. The minimum absolute atomic E-state index is 0.109. The molecule has 2 fully saturated rings. The summed E-state index contributed by atoms with van der Waals surface area (Å²) in [4.78, 5) is 16.1. The number of urea groups is 1. The molecule has 2 N–H and O–H groups in total. The van der Waals surface area contributed by atoms with Crippen molar-refractivity contribution in [3.8, 4) is 0 Å². The molecule has 5 nitrogen and oxygen atoms in total. The molecule has 0 bridgehead atoms. The Morgan fingerprint density at radius 1 is 1.26 bits per heavy atom. The number of anilines is 1. The van der Waals surface area contributed by atoms with Gasteiger partial charge in [0.25, 0.3) is 0 Å². The van der Waals surface area contributed by atoms with Crippen LogP contribution in [0.2, 0.25) is 0 Å². The Morgan fingerprint density at radius 3 is 2.95 bits per heavy atom. The van der Waals surface area contributed by atoms with Crippen LogP contribution in [-0.4, -0.2) is 21.5 Å². The molecule has 0 aliphatic heterocycles. The number of rotatable bonds is 2. The number of nitrogens with zero attached hydrogens (tertiary/aromatic N) is 2. The van der Waals surface area contributed by atoms with E-state index in [-0.39, 0.29) is 6.03 Å². The van der Waals surface area contributed by atoms with Gasteiger partial charge in [0.2, 0.25) is 0 Å². The number of pyridine rings is 1. The minimum Gasteiger partial charge on any atom is -0.335 e. The van der Waals surface area contributed by atoms with Crippen LogP contribution < -0.4 is 10.6 Å². The van der Waals surface area contributed by atoms with Gasteiger partial charge >= 0.3 is 6.03 Å². The van der Waals surface area contributed by atoms with Crippen LogP contribution in [0.1, 0.15) is 19.3 Å². The molecule has 2 amide bonds. The summed E-state index contributed by atoms with van der Waals surface area (Å²) in [5.74, 6) is 1.76. The van der Waals surface area contributed by atoms with Crippen LogP contribution in [0, 0.1) is 11.8 Å². The first-order chi connectivity index (χ1) is 9.28. The zero-order valence-electron chi connectivity index (χ0n) is 10.5. The quantitative estimate of drug-likeness (QED) is 0.865. The molecule has 0 spiro atoms. The fourth-order valence-electron chi connectivity index (χ4n) is 3.17.